The number of nitrogens with zero attached hydrogens (tertiary/aromatic N) is 1. The van der Waals surface area contributed by atoms with Crippen LogP contribution in [0.1, 0.15) is 9.67 Å². The number of alkyl halides is 3. The fourth-order valence-corrected chi connectivity index (χ4v) is 1.99. The monoisotopic (exact) mass is 303 g/mol. The number of hydrogen-bond donors (Lipinski definition) is 2. The van der Waals surface area contributed by atoms with E-state index in [0.717, 1.165) is 23.5 Å². The van der Waals surface area contributed by atoms with E-state index in [9.17, 15) is 18.0 Å². The number of anilines is 2. The van der Waals surface area contributed by atoms with Crippen LogP contribution in [0.15, 0.2) is 29.8 Å². The second-order valence-electron chi connectivity index (χ2n) is 3.60. The van der Waals surface area contributed by atoms with Gasteiger partial charge in [0.25, 0.3) is 5.91 Å². The lowest BCUT2D eigenvalue weighted by atomic mass is 10.3. The zero-order chi connectivity index (χ0) is 14.8. The minimum absolute atomic E-state index is 0.0650. The van der Waals surface area contributed by atoms with E-state index in [1.54, 1.807) is 0 Å². The van der Waals surface area contributed by atoms with Gasteiger partial charge in [-0.15, -0.1) is 24.5 Å². The number of amides is 1. The van der Waals surface area contributed by atoms with Crippen LogP contribution in [-0.4, -0.2) is 17.3 Å². The van der Waals surface area contributed by atoms with E-state index in [1.165, 1.54) is 17.6 Å². The normalized spacial score (nSPS) is 11.2. The van der Waals surface area contributed by atoms with Gasteiger partial charge in [0.2, 0.25) is 0 Å². The van der Waals surface area contributed by atoms with E-state index >= 15 is 0 Å². The van der Waals surface area contributed by atoms with E-state index < -0.39 is 18.0 Å². The number of aromatic nitrogens is 1. The Morgan fingerprint density at radius 1 is 1.40 bits per heavy atom. The summed E-state index contributed by atoms with van der Waals surface area (Å²) in [4.78, 5) is 15.7. The maximum absolute atomic E-state index is 12.1. The highest BCUT2D eigenvalue weighted by molar-refractivity contribution is 7.12. The molecule has 0 radical (unpaired) electrons. The average Bonchev–Trinajstić information content (AvgIpc) is 2.73. The molecule has 0 bridgehead atoms. The van der Waals surface area contributed by atoms with Crippen molar-refractivity contribution in [3.63, 3.8) is 0 Å². The molecule has 0 saturated heterocycles. The molecule has 1 heterocycles. The Labute approximate surface area is 115 Å². The Morgan fingerprint density at radius 3 is 2.75 bits per heavy atom. The number of nitrogens with two attached hydrogens (primary N) is 1. The highest BCUT2D eigenvalue weighted by Gasteiger charge is 2.31. The van der Waals surface area contributed by atoms with Gasteiger partial charge in [-0.1, -0.05) is 6.07 Å². The third-order valence-corrected chi connectivity index (χ3v) is 2.97. The summed E-state index contributed by atoms with van der Waals surface area (Å²) in [6.45, 7) is 0. The van der Waals surface area contributed by atoms with Crippen LogP contribution >= 0.6 is 11.3 Å². The van der Waals surface area contributed by atoms with Crippen LogP contribution in [0.3, 0.4) is 0 Å². The Kier molecular flexibility index (Phi) is 3.79. The van der Waals surface area contributed by atoms with E-state index in [4.69, 9.17) is 5.73 Å². The molecule has 0 spiro atoms. The molecule has 0 aliphatic carbocycles. The predicted octanol–water partition coefficient (Wildman–Crippen LogP) is 2.88. The molecule has 20 heavy (non-hydrogen) atoms. The molecule has 0 aliphatic heterocycles. The van der Waals surface area contributed by atoms with Crippen LogP contribution in [0.2, 0.25) is 0 Å². The molecule has 0 unspecified atom stereocenters. The maximum atomic E-state index is 12.1. The molecule has 1 amide bonds. The van der Waals surface area contributed by atoms with Gasteiger partial charge >= 0.3 is 6.36 Å². The van der Waals surface area contributed by atoms with Crippen molar-refractivity contribution in [2.45, 2.75) is 6.36 Å². The van der Waals surface area contributed by atoms with Crippen molar-refractivity contribution >= 4 is 28.7 Å². The first-order chi connectivity index (χ1) is 9.35. The molecule has 2 aromatic rings. The molecule has 0 fully saturated rings. The summed E-state index contributed by atoms with van der Waals surface area (Å²) in [7, 11) is 0. The minimum Gasteiger partial charge on any atom is -0.406 e. The summed E-state index contributed by atoms with van der Waals surface area (Å²) in [5.41, 5.74) is 7.03. The molecular weight excluding hydrogens is 295 g/mol. The number of hydrogen-bond acceptors (Lipinski definition) is 5. The molecule has 2 rings (SSSR count). The minimum atomic E-state index is -4.79. The van der Waals surface area contributed by atoms with Gasteiger partial charge in [-0.2, -0.15) is 0 Å². The fraction of sp³-hybridized carbons (Fsp3) is 0.0909. The summed E-state index contributed by atoms with van der Waals surface area (Å²) in [5, 5.41) is 2.42. The number of thiazole rings is 1. The first-order valence-electron chi connectivity index (χ1n) is 5.21. The van der Waals surface area contributed by atoms with Crippen LogP contribution in [-0.2, 0) is 0 Å². The lowest BCUT2D eigenvalue weighted by molar-refractivity contribution is -0.274. The van der Waals surface area contributed by atoms with Gasteiger partial charge in [0.1, 0.15) is 16.4 Å². The van der Waals surface area contributed by atoms with Crippen molar-refractivity contribution in [3.8, 4) is 5.75 Å². The number of halogens is 3. The van der Waals surface area contributed by atoms with Crippen molar-refractivity contribution in [3.05, 3.63) is 34.7 Å². The molecule has 0 atom stereocenters. The summed E-state index contributed by atoms with van der Waals surface area (Å²) in [6.07, 6.45) is -4.79. The van der Waals surface area contributed by atoms with Gasteiger partial charge < -0.3 is 15.8 Å². The van der Waals surface area contributed by atoms with E-state index in [0.29, 0.717) is 0 Å². The fourth-order valence-electron chi connectivity index (χ4n) is 1.38. The van der Waals surface area contributed by atoms with Crippen LogP contribution in [0.4, 0.5) is 24.7 Å². The quantitative estimate of drug-likeness (QED) is 0.914. The summed E-state index contributed by atoms with van der Waals surface area (Å²) in [5.74, 6) is -0.906. The van der Waals surface area contributed by atoms with Gasteiger partial charge in [-0.05, 0) is 12.1 Å². The molecule has 1 aromatic heterocycles. The van der Waals surface area contributed by atoms with Gasteiger partial charge in [0.15, 0.2) is 0 Å². The van der Waals surface area contributed by atoms with Gasteiger partial charge in [-0.25, -0.2) is 4.98 Å². The molecule has 0 saturated carbocycles. The van der Waals surface area contributed by atoms with Crippen LogP contribution in [0.5, 0.6) is 5.75 Å². The van der Waals surface area contributed by atoms with Gasteiger partial charge in [0, 0.05) is 11.8 Å². The number of benzene rings is 1. The second kappa shape index (κ2) is 5.37. The molecular formula is C11H8F3N3O2S. The van der Waals surface area contributed by atoms with Crippen molar-refractivity contribution < 1.29 is 22.7 Å². The van der Waals surface area contributed by atoms with Gasteiger partial charge in [-0.3, -0.25) is 4.79 Å². The Bertz CT molecular complexity index is 627. The van der Waals surface area contributed by atoms with Crippen molar-refractivity contribution in [1.82, 2.24) is 4.98 Å². The number of nitrogen functional groups attached to an aromatic ring is 1. The lowest BCUT2D eigenvalue weighted by Gasteiger charge is -2.10. The summed E-state index contributed by atoms with van der Waals surface area (Å²) < 4.78 is 40.0. The first-order valence-corrected chi connectivity index (χ1v) is 6.09. The average molecular weight is 303 g/mol. The van der Waals surface area contributed by atoms with Crippen LogP contribution in [0.25, 0.3) is 0 Å². The molecule has 5 nitrogen and oxygen atoms in total. The van der Waals surface area contributed by atoms with E-state index in [1.807, 2.05) is 0 Å². The smallest absolute Gasteiger partial charge is 0.406 e. The van der Waals surface area contributed by atoms with Gasteiger partial charge in [0.05, 0.1) is 5.51 Å². The number of carbonyl (C=O) groups excluding carboxylic acids is 1. The zero-order valence-electron chi connectivity index (χ0n) is 9.77. The third kappa shape index (κ3) is 3.60. The SMILES string of the molecule is Nc1ncsc1C(=O)Nc1cccc(OC(F)(F)F)c1. The molecule has 3 N–H and O–H groups in total. The molecule has 9 heteroatoms. The maximum Gasteiger partial charge on any atom is 0.573 e. The number of carbonyl (C=O) groups is 1. The molecule has 0 aliphatic rings. The summed E-state index contributed by atoms with van der Waals surface area (Å²) in [6, 6.07) is 4.94. The molecule has 106 valence electrons. The Balaban J connectivity index is 2.12. The summed E-state index contributed by atoms with van der Waals surface area (Å²) >= 11 is 1.03. The predicted molar refractivity (Wildman–Crippen MR) is 67.6 cm³/mol. The van der Waals surface area contributed by atoms with Crippen molar-refractivity contribution in [1.29, 1.82) is 0 Å². The number of ether oxygens (including phenoxy) is 1. The molecule has 1 aromatic carbocycles. The largest absolute Gasteiger partial charge is 0.573 e. The Hall–Kier alpha value is -2.29. The third-order valence-electron chi connectivity index (χ3n) is 2.13. The van der Waals surface area contributed by atoms with E-state index in [2.05, 4.69) is 15.0 Å². The first kappa shape index (κ1) is 14.1. The van der Waals surface area contributed by atoms with E-state index in [-0.39, 0.29) is 16.4 Å². The van der Waals surface area contributed by atoms with Crippen molar-refractivity contribution in [2.24, 2.45) is 0 Å². The van der Waals surface area contributed by atoms with Crippen molar-refractivity contribution in [2.75, 3.05) is 11.1 Å². The second-order valence-corrected chi connectivity index (χ2v) is 4.45. The topological polar surface area (TPSA) is 77.2 Å². The highest BCUT2D eigenvalue weighted by Crippen LogP contribution is 2.25. The highest BCUT2D eigenvalue weighted by atomic mass is 32.1. The standard InChI is InChI=1S/C11H8F3N3O2S/c12-11(13,14)19-7-3-1-2-6(4-7)17-10(18)8-9(15)16-5-20-8/h1-5H,15H2,(H,17,18). The zero-order valence-corrected chi connectivity index (χ0v) is 10.6. The van der Waals surface area contributed by atoms with Crippen LogP contribution in [0, 0.1) is 0 Å². The lowest BCUT2D eigenvalue weighted by Crippen LogP contribution is -2.17. The number of nitrogens with one attached hydrogen (secondary N) is 1. The van der Waals surface area contributed by atoms with Crippen LogP contribution < -0.4 is 15.8 Å². The number of rotatable bonds is 3. The Morgan fingerprint density at radius 2 is 2.15 bits per heavy atom.